The van der Waals surface area contributed by atoms with Crippen molar-refractivity contribution < 1.29 is 9.53 Å². The number of carbonyl (C=O) groups excluding carboxylic acids is 1. The number of para-hydroxylation sites is 1. The molecule has 0 spiro atoms. The lowest BCUT2D eigenvalue weighted by atomic mass is 10.1. The van der Waals surface area contributed by atoms with Crippen molar-refractivity contribution in [3.05, 3.63) is 65.7 Å². The predicted molar refractivity (Wildman–Crippen MR) is 89.0 cm³/mol. The quantitative estimate of drug-likeness (QED) is 0.794. The maximum Gasteiger partial charge on any atom is 0.260 e. The van der Waals surface area contributed by atoms with Crippen LogP contribution < -0.4 is 10.1 Å². The number of rotatable bonds is 7. The van der Waals surface area contributed by atoms with E-state index >= 15 is 0 Å². The summed E-state index contributed by atoms with van der Waals surface area (Å²) in [6, 6.07) is 17.9. The van der Waals surface area contributed by atoms with Crippen LogP contribution in [0.1, 0.15) is 24.5 Å². The molecule has 0 heterocycles. The van der Waals surface area contributed by atoms with Gasteiger partial charge in [0.15, 0.2) is 6.10 Å². The second-order valence-electron chi connectivity index (χ2n) is 5.45. The topological polar surface area (TPSA) is 38.3 Å². The van der Waals surface area contributed by atoms with Gasteiger partial charge in [0, 0.05) is 6.54 Å². The Morgan fingerprint density at radius 1 is 1.09 bits per heavy atom. The zero-order valence-corrected chi connectivity index (χ0v) is 13.2. The van der Waals surface area contributed by atoms with Crippen molar-refractivity contribution in [2.45, 2.75) is 32.8 Å². The number of aryl methyl sites for hydroxylation is 2. The van der Waals surface area contributed by atoms with Crippen LogP contribution in [0.25, 0.3) is 0 Å². The lowest BCUT2D eigenvalue weighted by Gasteiger charge is -2.14. The molecule has 1 amide bonds. The zero-order valence-electron chi connectivity index (χ0n) is 13.2. The minimum atomic E-state index is -0.484. The van der Waals surface area contributed by atoms with Gasteiger partial charge >= 0.3 is 0 Å². The number of carbonyl (C=O) groups is 1. The molecule has 2 aromatic rings. The molecule has 116 valence electrons. The lowest BCUT2D eigenvalue weighted by molar-refractivity contribution is -0.127. The zero-order chi connectivity index (χ0) is 15.8. The van der Waals surface area contributed by atoms with Gasteiger partial charge in [-0.15, -0.1) is 0 Å². The van der Waals surface area contributed by atoms with Crippen LogP contribution in [0, 0.1) is 6.92 Å². The van der Waals surface area contributed by atoms with Gasteiger partial charge in [-0.3, -0.25) is 4.79 Å². The molecule has 2 aromatic carbocycles. The van der Waals surface area contributed by atoms with Crippen LogP contribution in [0.15, 0.2) is 54.6 Å². The van der Waals surface area contributed by atoms with Gasteiger partial charge in [-0.1, -0.05) is 48.0 Å². The van der Waals surface area contributed by atoms with E-state index in [0.29, 0.717) is 12.3 Å². The highest BCUT2D eigenvalue weighted by Crippen LogP contribution is 2.10. The van der Waals surface area contributed by atoms with Crippen molar-refractivity contribution >= 4 is 5.91 Å². The summed E-state index contributed by atoms with van der Waals surface area (Å²) in [5.74, 6) is 0.637. The van der Waals surface area contributed by atoms with Crippen LogP contribution in [-0.4, -0.2) is 18.6 Å². The summed E-state index contributed by atoms with van der Waals surface area (Å²) in [7, 11) is 0. The van der Waals surface area contributed by atoms with E-state index in [1.165, 1.54) is 11.1 Å². The molecule has 0 fully saturated rings. The van der Waals surface area contributed by atoms with Crippen molar-refractivity contribution in [3.63, 3.8) is 0 Å². The van der Waals surface area contributed by atoms with E-state index in [4.69, 9.17) is 4.74 Å². The Balaban J connectivity index is 1.67. The van der Waals surface area contributed by atoms with E-state index < -0.39 is 6.10 Å². The Labute approximate surface area is 132 Å². The number of nitrogens with one attached hydrogen (secondary N) is 1. The fraction of sp³-hybridized carbons (Fsp3) is 0.316. The average molecular weight is 297 g/mol. The number of hydrogen-bond donors (Lipinski definition) is 1. The first kappa shape index (κ1) is 16.1. The SMILES string of the molecule is Cc1ccc(CCCNC(=O)C(C)Oc2ccccc2)cc1. The van der Waals surface area contributed by atoms with Crippen LogP contribution in [-0.2, 0) is 11.2 Å². The molecule has 0 saturated carbocycles. The van der Waals surface area contributed by atoms with Crippen molar-refractivity contribution in [2.24, 2.45) is 0 Å². The van der Waals surface area contributed by atoms with Gasteiger partial charge in [0.05, 0.1) is 0 Å². The summed E-state index contributed by atoms with van der Waals surface area (Å²) in [5, 5.41) is 2.92. The van der Waals surface area contributed by atoms with Gasteiger partial charge < -0.3 is 10.1 Å². The molecular formula is C19H23NO2. The Morgan fingerprint density at radius 2 is 1.77 bits per heavy atom. The van der Waals surface area contributed by atoms with Gasteiger partial charge in [0.25, 0.3) is 5.91 Å². The first-order valence-corrected chi connectivity index (χ1v) is 7.70. The summed E-state index contributed by atoms with van der Waals surface area (Å²) in [5.41, 5.74) is 2.57. The van der Waals surface area contributed by atoms with Gasteiger partial charge in [-0.2, -0.15) is 0 Å². The molecule has 3 nitrogen and oxygen atoms in total. The lowest BCUT2D eigenvalue weighted by Crippen LogP contribution is -2.36. The first-order valence-electron chi connectivity index (χ1n) is 7.70. The molecule has 1 unspecified atom stereocenters. The molecule has 1 atom stereocenters. The Hall–Kier alpha value is -2.29. The normalized spacial score (nSPS) is 11.7. The molecular weight excluding hydrogens is 274 g/mol. The van der Waals surface area contributed by atoms with Crippen LogP contribution in [0.4, 0.5) is 0 Å². The van der Waals surface area contributed by atoms with Crippen LogP contribution in [0.2, 0.25) is 0 Å². The average Bonchev–Trinajstić information content (AvgIpc) is 2.54. The third kappa shape index (κ3) is 5.24. The largest absolute Gasteiger partial charge is 0.481 e. The molecule has 3 heteroatoms. The minimum Gasteiger partial charge on any atom is -0.481 e. The van der Waals surface area contributed by atoms with Crippen LogP contribution in [0.3, 0.4) is 0 Å². The highest BCUT2D eigenvalue weighted by Gasteiger charge is 2.13. The third-order valence-electron chi connectivity index (χ3n) is 3.49. The van der Waals surface area contributed by atoms with Gasteiger partial charge in [0.1, 0.15) is 5.75 Å². The van der Waals surface area contributed by atoms with Gasteiger partial charge in [-0.05, 0) is 44.4 Å². The molecule has 2 rings (SSSR count). The number of benzene rings is 2. The Bertz CT molecular complexity index is 578. The van der Waals surface area contributed by atoms with E-state index in [2.05, 4.69) is 36.5 Å². The van der Waals surface area contributed by atoms with Crippen molar-refractivity contribution in [1.29, 1.82) is 0 Å². The molecule has 0 radical (unpaired) electrons. The fourth-order valence-electron chi connectivity index (χ4n) is 2.16. The summed E-state index contributed by atoms with van der Waals surface area (Å²) < 4.78 is 5.59. The maximum absolute atomic E-state index is 12.0. The smallest absolute Gasteiger partial charge is 0.260 e. The molecule has 1 N–H and O–H groups in total. The number of ether oxygens (including phenoxy) is 1. The second kappa shape index (κ2) is 8.23. The van der Waals surface area contributed by atoms with E-state index in [1.54, 1.807) is 6.92 Å². The summed E-state index contributed by atoms with van der Waals surface area (Å²) in [6.45, 7) is 4.51. The Morgan fingerprint density at radius 3 is 2.45 bits per heavy atom. The minimum absolute atomic E-state index is 0.0761. The van der Waals surface area contributed by atoms with Gasteiger partial charge in [0.2, 0.25) is 0 Å². The highest BCUT2D eigenvalue weighted by molar-refractivity contribution is 5.80. The van der Waals surface area contributed by atoms with E-state index in [1.807, 2.05) is 30.3 Å². The van der Waals surface area contributed by atoms with E-state index in [0.717, 1.165) is 12.8 Å². The Kier molecular flexibility index (Phi) is 6.01. The number of amides is 1. The molecule has 22 heavy (non-hydrogen) atoms. The third-order valence-corrected chi connectivity index (χ3v) is 3.49. The standard InChI is InChI=1S/C19H23NO2/c1-15-10-12-17(13-11-15)7-6-14-20-19(21)16(2)22-18-8-4-3-5-9-18/h3-5,8-13,16H,6-7,14H2,1-2H3,(H,20,21). The maximum atomic E-state index is 12.0. The predicted octanol–water partition coefficient (Wildman–Crippen LogP) is 3.51. The van der Waals surface area contributed by atoms with Crippen LogP contribution >= 0.6 is 0 Å². The molecule has 0 aliphatic rings. The molecule has 0 bridgehead atoms. The summed E-state index contributed by atoms with van der Waals surface area (Å²) >= 11 is 0. The number of hydrogen-bond acceptors (Lipinski definition) is 2. The van der Waals surface area contributed by atoms with Crippen molar-refractivity contribution in [2.75, 3.05) is 6.54 Å². The van der Waals surface area contributed by atoms with E-state index in [-0.39, 0.29) is 5.91 Å². The molecule has 0 saturated heterocycles. The van der Waals surface area contributed by atoms with Crippen molar-refractivity contribution in [1.82, 2.24) is 5.32 Å². The molecule has 0 aliphatic carbocycles. The van der Waals surface area contributed by atoms with Crippen molar-refractivity contribution in [3.8, 4) is 5.75 Å². The monoisotopic (exact) mass is 297 g/mol. The van der Waals surface area contributed by atoms with Gasteiger partial charge in [-0.25, -0.2) is 0 Å². The first-order chi connectivity index (χ1) is 10.6. The fourth-order valence-corrected chi connectivity index (χ4v) is 2.16. The van der Waals surface area contributed by atoms with Crippen LogP contribution in [0.5, 0.6) is 5.75 Å². The van der Waals surface area contributed by atoms with E-state index in [9.17, 15) is 4.79 Å². The molecule has 0 aromatic heterocycles. The second-order valence-corrected chi connectivity index (χ2v) is 5.45. The summed E-state index contributed by atoms with van der Waals surface area (Å²) in [6.07, 6.45) is 1.41. The summed E-state index contributed by atoms with van der Waals surface area (Å²) in [4.78, 5) is 12.0. The molecule has 0 aliphatic heterocycles. The highest BCUT2D eigenvalue weighted by atomic mass is 16.5.